The number of carboxylic acid groups (broad SMARTS) is 2. The SMILES string of the molecule is CCNC(=O)COCCOCCNC(=O)COCCOCCNC(=O)CC[C@H](NC(=O)CCCCCCCCCOc1ccc(C(=O)O)cc1)C(=O)O. The number of unbranched alkanes of at least 4 members (excludes halogenated alkanes) is 6. The van der Waals surface area contributed by atoms with Crippen molar-refractivity contribution in [3.63, 3.8) is 0 Å². The van der Waals surface area contributed by atoms with E-state index >= 15 is 0 Å². The number of rotatable bonds is 34. The van der Waals surface area contributed by atoms with Crippen molar-refractivity contribution in [2.75, 3.05) is 79.1 Å². The molecule has 300 valence electrons. The Morgan fingerprint density at radius 1 is 0.585 bits per heavy atom. The average molecular weight is 755 g/mol. The summed E-state index contributed by atoms with van der Waals surface area (Å²) < 4.78 is 26.7. The molecule has 0 saturated carbocycles. The summed E-state index contributed by atoms with van der Waals surface area (Å²) in [7, 11) is 0. The van der Waals surface area contributed by atoms with Gasteiger partial charge in [-0.1, -0.05) is 32.1 Å². The lowest BCUT2D eigenvalue weighted by Gasteiger charge is -2.14. The molecule has 1 aromatic rings. The van der Waals surface area contributed by atoms with Gasteiger partial charge in [0.05, 0.1) is 51.8 Å². The van der Waals surface area contributed by atoms with Crippen LogP contribution in [0.1, 0.15) is 81.5 Å². The largest absolute Gasteiger partial charge is 0.494 e. The third-order valence-corrected chi connectivity index (χ3v) is 7.43. The van der Waals surface area contributed by atoms with E-state index in [4.69, 9.17) is 28.8 Å². The van der Waals surface area contributed by atoms with Crippen molar-refractivity contribution in [3.8, 4) is 5.75 Å². The second-order valence-corrected chi connectivity index (χ2v) is 11.9. The number of carbonyl (C=O) groups is 6. The predicted octanol–water partition coefficient (Wildman–Crippen LogP) is 1.67. The molecule has 0 aromatic heterocycles. The third-order valence-electron chi connectivity index (χ3n) is 7.43. The van der Waals surface area contributed by atoms with Crippen LogP contribution in [0.2, 0.25) is 0 Å². The zero-order chi connectivity index (χ0) is 38.9. The van der Waals surface area contributed by atoms with Gasteiger partial charge in [0.2, 0.25) is 23.6 Å². The summed E-state index contributed by atoms with van der Waals surface area (Å²) in [6.45, 7) is 4.69. The molecule has 0 fully saturated rings. The summed E-state index contributed by atoms with van der Waals surface area (Å²) in [5.74, 6) is -2.75. The van der Waals surface area contributed by atoms with Gasteiger partial charge in [-0.3, -0.25) is 19.2 Å². The fraction of sp³-hybridized carbons (Fsp3) is 0.667. The van der Waals surface area contributed by atoms with E-state index in [1.165, 1.54) is 12.1 Å². The Morgan fingerprint density at radius 2 is 1.11 bits per heavy atom. The van der Waals surface area contributed by atoms with Crippen LogP contribution in [0.3, 0.4) is 0 Å². The molecular weight excluding hydrogens is 696 g/mol. The molecule has 17 nitrogen and oxygen atoms in total. The number of aromatic carboxylic acids is 1. The number of hydrogen-bond acceptors (Lipinski definition) is 11. The predicted molar refractivity (Wildman–Crippen MR) is 193 cm³/mol. The third kappa shape index (κ3) is 27.0. The number of amides is 4. The summed E-state index contributed by atoms with van der Waals surface area (Å²) in [6.07, 6.45) is 6.46. The van der Waals surface area contributed by atoms with E-state index in [0.717, 1.165) is 38.5 Å². The first-order valence-corrected chi connectivity index (χ1v) is 18.2. The van der Waals surface area contributed by atoms with E-state index in [1.54, 1.807) is 12.1 Å². The number of nitrogens with one attached hydrogen (secondary N) is 4. The van der Waals surface area contributed by atoms with Crippen LogP contribution in [0, 0.1) is 0 Å². The van der Waals surface area contributed by atoms with Crippen molar-refractivity contribution in [1.29, 1.82) is 0 Å². The number of benzene rings is 1. The zero-order valence-corrected chi connectivity index (χ0v) is 30.8. The Morgan fingerprint density at radius 3 is 1.68 bits per heavy atom. The zero-order valence-electron chi connectivity index (χ0n) is 30.8. The van der Waals surface area contributed by atoms with Crippen LogP contribution in [0.4, 0.5) is 0 Å². The molecule has 4 amide bonds. The Hall–Kier alpha value is -4.32. The van der Waals surface area contributed by atoms with Gasteiger partial charge in [-0.05, 0) is 50.5 Å². The van der Waals surface area contributed by atoms with E-state index in [0.29, 0.717) is 38.5 Å². The van der Waals surface area contributed by atoms with Crippen LogP contribution in [-0.4, -0.2) is 131 Å². The molecule has 0 saturated heterocycles. The number of likely N-dealkylation sites (N-methyl/N-ethyl adjacent to an activating group) is 1. The minimum absolute atomic E-state index is 0.0237. The highest BCUT2D eigenvalue weighted by molar-refractivity contribution is 5.87. The summed E-state index contributed by atoms with van der Waals surface area (Å²) in [5, 5.41) is 28.8. The highest BCUT2D eigenvalue weighted by atomic mass is 16.5. The molecule has 0 aliphatic heterocycles. The molecule has 53 heavy (non-hydrogen) atoms. The normalized spacial score (nSPS) is 11.3. The first kappa shape index (κ1) is 46.7. The second-order valence-electron chi connectivity index (χ2n) is 11.9. The van der Waals surface area contributed by atoms with Crippen molar-refractivity contribution < 1.29 is 62.7 Å². The lowest BCUT2D eigenvalue weighted by molar-refractivity contribution is -0.142. The van der Waals surface area contributed by atoms with Gasteiger partial charge in [-0.15, -0.1) is 0 Å². The van der Waals surface area contributed by atoms with Gasteiger partial charge < -0.3 is 55.2 Å². The van der Waals surface area contributed by atoms with E-state index in [9.17, 15) is 33.9 Å². The van der Waals surface area contributed by atoms with E-state index in [2.05, 4.69) is 21.3 Å². The van der Waals surface area contributed by atoms with Crippen LogP contribution in [0.25, 0.3) is 0 Å². The van der Waals surface area contributed by atoms with Crippen LogP contribution < -0.4 is 26.0 Å². The highest BCUT2D eigenvalue weighted by Crippen LogP contribution is 2.14. The molecule has 0 bridgehead atoms. The first-order valence-electron chi connectivity index (χ1n) is 18.2. The maximum Gasteiger partial charge on any atom is 0.335 e. The van der Waals surface area contributed by atoms with Crippen LogP contribution in [0.15, 0.2) is 24.3 Å². The van der Waals surface area contributed by atoms with Crippen molar-refractivity contribution in [2.24, 2.45) is 0 Å². The van der Waals surface area contributed by atoms with Gasteiger partial charge in [0, 0.05) is 32.5 Å². The topological polar surface area (TPSA) is 237 Å². The molecule has 0 aliphatic carbocycles. The average Bonchev–Trinajstić information content (AvgIpc) is 3.13. The minimum Gasteiger partial charge on any atom is -0.494 e. The molecule has 0 heterocycles. The fourth-order valence-electron chi connectivity index (χ4n) is 4.64. The monoisotopic (exact) mass is 754 g/mol. The molecule has 6 N–H and O–H groups in total. The van der Waals surface area contributed by atoms with Gasteiger partial charge in [0.25, 0.3) is 0 Å². The van der Waals surface area contributed by atoms with E-state index < -0.39 is 18.0 Å². The van der Waals surface area contributed by atoms with Crippen molar-refractivity contribution in [1.82, 2.24) is 21.3 Å². The molecule has 0 spiro atoms. The Labute approximate surface area is 311 Å². The second kappa shape index (κ2) is 31.2. The maximum absolute atomic E-state index is 12.3. The summed E-state index contributed by atoms with van der Waals surface area (Å²) in [4.78, 5) is 69.9. The van der Waals surface area contributed by atoms with Crippen LogP contribution in [0.5, 0.6) is 5.75 Å². The molecule has 1 aromatic carbocycles. The Bertz CT molecular complexity index is 1200. The molecule has 1 rings (SSSR count). The lowest BCUT2D eigenvalue weighted by Crippen LogP contribution is -2.41. The molecule has 1 atom stereocenters. The van der Waals surface area contributed by atoms with Crippen LogP contribution in [-0.2, 0) is 42.9 Å². The van der Waals surface area contributed by atoms with Gasteiger partial charge in [-0.2, -0.15) is 0 Å². The summed E-state index contributed by atoms with van der Waals surface area (Å²) >= 11 is 0. The summed E-state index contributed by atoms with van der Waals surface area (Å²) in [5.41, 5.74) is 0.217. The Balaban J connectivity index is 1.96. The number of aliphatic carboxylic acids is 1. The van der Waals surface area contributed by atoms with Gasteiger partial charge in [-0.25, -0.2) is 9.59 Å². The fourth-order valence-corrected chi connectivity index (χ4v) is 4.64. The number of carbonyl (C=O) groups excluding carboxylic acids is 4. The quantitative estimate of drug-likeness (QED) is 0.0550. The smallest absolute Gasteiger partial charge is 0.335 e. The summed E-state index contributed by atoms with van der Waals surface area (Å²) in [6, 6.07) is 5.14. The standard InChI is InChI=1S/C36H58N4O13/c1-2-37-33(43)26-51-24-22-50-21-18-39-34(44)27-52-25-23-49-20-17-38-31(41)16-15-30(36(47)48)40-32(42)10-8-6-4-3-5-7-9-19-53-29-13-11-28(12-14-29)35(45)46/h11-14,30H,2-10,15-27H2,1H3,(H,37,43)(H,38,41)(H,39,44)(H,40,42)(H,45,46)(H,47,48)/t30-/m0/s1. The molecule has 17 heteroatoms. The van der Waals surface area contributed by atoms with Crippen LogP contribution >= 0.6 is 0 Å². The molecular formula is C36H58N4O13. The van der Waals surface area contributed by atoms with E-state index in [-0.39, 0.29) is 101 Å². The van der Waals surface area contributed by atoms with Gasteiger partial charge in [0.1, 0.15) is 25.0 Å². The first-order chi connectivity index (χ1) is 25.6. The molecule has 0 unspecified atom stereocenters. The highest BCUT2D eigenvalue weighted by Gasteiger charge is 2.20. The molecule has 0 radical (unpaired) electrons. The number of ether oxygens (including phenoxy) is 5. The van der Waals surface area contributed by atoms with Gasteiger partial charge in [0.15, 0.2) is 0 Å². The molecule has 0 aliphatic rings. The number of hydrogen-bond donors (Lipinski definition) is 6. The lowest BCUT2D eigenvalue weighted by atomic mass is 10.1. The maximum atomic E-state index is 12.3. The number of carboxylic acids is 2. The van der Waals surface area contributed by atoms with Crippen molar-refractivity contribution in [2.45, 2.75) is 77.2 Å². The van der Waals surface area contributed by atoms with Gasteiger partial charge >= 0.3 is 11.9 Å². The minimum atomic E-state index is -1.20. The van der Waals surface area contributed by atoms with E-state index in [1.807, 2.05) is 6.92 Å². The Kier molecular flexibility index (Phi) is 27.5. The van der Waals surface area contributed by atoms with Crippen molar-refractivity contribution in [3.05, 3.63) is 29.8 Å². The van der Waals surface area contributed by atoms with Crippen molar-refractivity contribution >= 4 is 35.6 Å².